The van der Waals surface area contributed by atoms with E-state index >= 15 is 0 Å². The number of hydrogen-bond donors (Lipinski definition) is 0. The van der Waals surface area contributed by atoms with Gasteiger partial charge in [0.25, 0.3) is 0 Å². The molecular formula is C41H82N2. The Kier molecular flexibility index (Phi) is 30.7. The minimum atomic E-state index is 0.637. The summed E-state index contributed by atoms with van der Waals surface area (Å²) in [7, 11) is 0. The minimum Gasteiger partial charge on any atom is -0.356 e. The molecule has 0 radical (unpaired) electrons. The fourth-order valence-corrected chi connectivity index (χ4v) is 7.06. The van der Waals surface area contributed by atoms with Gasteiger partial charge < -0.3 is 9.80 Å². The van der Waals surface area contributed by atoms with Gasteiger partial charge in [-0.2, -0.15) is 0 Å². The fourth-order valence-electron chi connectivity index (χ4n) is 7.06. The van der Waals surface area contributed by atoms with Gasteiger partial charge in [-0.1, -0.05) is 207 Å². The van der Waals surface area contributed by atoms with Crippen molar-refractivity contribution in [2.45, 2.75) is 239 Å². The Morgan fingerprint density at radius 2 is 0.535 bits per heavy atom. The summed E-state index contributed by atoms with van der Waals surface area (Å²) in [6.45, 7) is 9.49. The predicted octanol–water partition coefficient (Wildman–Crippen LogP) is 14.3. The van der Waals surface area contributed by atoms with E-state index in [4.69, 9.17) is 0 Å². The molecule has 2 heteroatoms. The largest absolute Gasteiger partial charge is 0.356 e. The highest BCUT2D eigenvalue weighted by atomic mass is 15.4. The van der Waals surface area contributed by atoms with Crippen molar-refractivity contribution in [3.05, 3.63) is 12.4 Å². The summed E-state index contributed by atoms with van der Waals surface area (Å²) in [6.07, 6.45) is 53.0. The van der Waals surface area contributed by atoms with Gasteiger partial charge in [-0.05, 0) is 25.7 Å². The quantitative estimate of drug-likeness (QED) is 0.0666. The van der Waals surface area contributed by atoms with Gasteiger partial charge in [0.2, 0.25) is 0 Å². The van der Waals surface area contributed by atoms with Gasteiger partial charge in [0.1, 0.15) is 6.17 Å². The molecule has 1 atom stereocenters. The van der Waals surface area contributed by atoms with E-state index in [-0.39, 0.29) is 0 Å². The average molecular weight is 603 g/mol. The Hall–Kier alpha value is -0.660. The van der Waals surface area contributed by atoms with Crippen molar-refractivity contribution in [1.29, 1.82) is 0 Å². The lowest BCUT2D eigenvalue weighted by Gasteiger charge is -2.33. The summed E-state index contributed by atoms with van der Waals surface area (Å²) in [6, 6.07) is 0. The van der Waals surface area contributed by atoms with E-state index < -0.39 is 0 Å². The van der Waals surface area contributed by atoms with Crippen LogP contribution in [0.15, 0.2) is 12.4 Å². The first-order chi connectivity index (χ1) is 21.3. The summed E-state index contributed by atoms with van der Waals surface area (Å²) < 4.78 is 0. The minimum absolute atomic E-state index is 0.637. The number of nitrogens with zero attached hydrogens (tertiary/aromatic N) is 2. The van der Waals surface area contributed by atoms with E-state index in [0.29, 0.717) is 6.17 Å². The molecule has 43 heavy (non-hydrogen) atoms. The summed E-state index contributed by atoms with van der Waals surface area (Å²) in [5, 5.41) is 0. The van der Waals surface area contributed by atoms with E-state index in [0.717, 1.165) is 0 Å². The molecule has 0 aromatic rings. The monoisotopic (exact) mass is 603 g/mol. The fraction of sp³-hybridized carbons (Fsp3) is 0.951. The van der Waals surface area contributed by atoms with Crippen molar-refractivity contribution in [1.82, 2.24) is 9.80 Å². The van der Waals surface area contributed by atoms with Crippen LogP contribution in [0.5, 0.6) is 0 Å². The van der Waals surface area contributed by atoms with E-state index in [1.807, 2.05) is 0 Å². The van der Waals surface area contributed by atoms with Crippen LogP contribution >= 0.6 is 0 Å². The first-order valence-electron chi connectivity index (χ1n) is 20.5. The third kappa shape index (κ3) is 25.2. The SMILES string of the molecule is CCCCCCCCCCCCCCCCCCN1C=CN(CCCCCCCCCCCCCCCC)C1CCCC. The van der Waals surface area contributed by atoms with Gasteiger partial charge >= 0.3 is 0 Å². The molecule has 0 N–H and O–H groups in total. The molecule has 256 valence electrons. The number of hydrogen-bond acceptors (Lipinski definition) is 2. The predicted molar refractivity (Wildman–Crippen MR) is 196 cm³/mol. The summed E-state index contributed by atoms with van der Waals surface area (Å²) >= 11 is 0. The lowest BCUT2D eigenvalue weighted by Crippen LogP contribution is -2.39. The topological polar surface area (TPSA) is 6.48 Å². The van der Waals surface area contributed by atoms with Crippen molar-refractivity contribution in [2.75, 3.05) is 13.1 Å². The molecule has 0 amide bonds. The zero-order valence-corrected chi connectivity index (χ0v) is 30.4. The van der Waals surface area contributed by atoms with Crippen LogP contribution in [0.25, 0.3) is 0 Å². The van der Waals surface area contributed by atoms with Gasteiger partial charge in [-0.3, -0.25) is 0 Å². The molecule has 0 saturated heterocycles. The standard InChI is InChI=1S/C41H82N2/c1-4-7-10-12-14-16-18-20-22-23-25-27-29-31-33-35-38-43-40-39-42(41(43)36-9-6-3)37-34-32-30-28-26-24-21-19-17-15-13-11-8-5-2/h39-41H,4-38H2,1-3H3. The van der Waals surface area contributed by atoms with Crippen LogP contribution in [-0.2, 0) is 0 Å². The summed E-state index contributed by atoms with van der Waals surface area (Å²) in [5.74, 6) is 0. The van der Waals surface area contributed by atoms with Gasteiger partial charge in [0.15, 0.2) is 0 Å². The second-order valence-electron chi connectivity index (χ2n) is 14.3. The van der Waals surface area contributed by atoms with Gasteiger partial charge in [0, 0.05) is 25.5 Å². The van der Waals surface area contributed by atoms with Gasteiger partial charge in [0.05, 0.1) is 0 Å². The van der Waals surface area contributed by atoms with Gasteiger partial charge in [-0.15, -0.1) is 0 Å². The second kappa shape index (κ2) is 32.7. The molecule has 0 aromatic heterocycles. The molecule has 1 unspecified atom stereocenters. The smallest absolute Gasteiger partial charge is 0.101 e. The maximum atomic E-state index is 2.68. The summed E-state index contributed by atoms with van der Waals surface area (Å²) in [5.41, 5.74) is 0. The second-order valence-corrected chi connectivity index (χ2v) is 14.3. The van der Waals surface area contributed by atoms with Crippen molar-refractivity contribution in [3.8, 4) is 0 Å². The Bertz CT molecular complexity index is 558. The van der Waals surface area contributed by atoms with Gasteiger partial charge in [-0.25, -0.2) is 0 Å². The third-order valence-electron chi connectivity index (χ3n) is 10.1. The molecular weight excluding hydrogens is 520 g/mol. The zero-order chi connectivity index (χ0) is 30.9. The number of unbranched alkanes of at least 4 members (excludes halogenated alkanes) is 29. The Morgan fingerprint density at radius 3 is 0.791 bits per heavy atom. The molecule has 1 rings (SSSR count). The van der Waals surface area contributed by atoms with Crippen LogP contribution in [0.2, 0.25) is 0 Å². The molecule has 0 spiro atoms. The molecule has 0 fully saturated rings. The molecule has 1 heterocycles. The molecule has 2 nitrogen and oxygen atoms in total. The lowest BCUT2D eigenvalue weighted by atomic mass is 10.0. The van der Waals surface area contributed by atoms with E-state index in [1.165, 1.54) is 225 Å². The molecule has 1 aliphatic heterocycles. The average Bonchev–Trinajstić information content (AvgIpc) is 3.40. The maximum absolute atomic E-state index is 2.68. The molecule has 1 aliphatic rings. The zero-order valence-electron chi connectivity index (χ0n) is 30.4. The number of rotatable bonds is 35. The van der Waals surface area contributed by atoms with Crippen LogP contribution in [0.4, 0.5) is 0 Å². The van der Waals surface area contributed by atoms with Crippen molar-refractivity contribution in [3.63, 3.8) is 0 Å². The van der Waals surface area contributed by atoms with E-state index in [2.05, 4.69) is 43.0 Å². The lowest BCUT2D eigenvalue weighted by molar-refractivity contribution is 0.136. The van der Waals surface area contributed by atoms with E-state index in [1.54, 1.807) is 0 Å². The highest BCUT2D eigenvalue weighted by molar-refractivity contribution is 4.96. The Balaban J connectivity index is 1.97. The maximum Gasteiger partial charge on any atom is 0.101 e. The highest BCUT2D eigenvalue weighted by Crippen LogP contribution is 2.23. The van der Waals surface area contributed by atoms with E-state index in [9.17, 15) is 0 Å². The molecule has 0 saturated carbocycles. The first-order valence-corrected chi connectivity index (χ1v) is 20.5. The van der Waals surface area contributed by atoms with Crippen molar-refractivity contribution in [2.24, 2.45) is 0 Å². The first kappa shape index (κ1) is 40.4. The van der Waals surface area contributed by atoms with Crippen LogP contribution < -0.4 is 0 Å². The molecule has 0 aliphatic carbocycles. The Labute approximate surface area is 273 Å². The Morgan fingerprint density at radius 1 is 0.302 bits per heavy atom. The molecule has 0 bridgehead atoms. The van der Waals surface area contributed by atoms with Crippen LogP contribution in [0, 0.1) is 0 Å². The van der Waals surface area contributed by atoms with Crippen LogP contribution in [0.3, 0.4) is 0 Å². The molecule has 0 aromatic carbocycles. The van der Waals surface area contributed by atoms with Crippen molar-refractivity contribution >= 4 is 0 Å². The normalized spacial score (nSPS) is 14.9. The van der Waals surface area contributed by atoms with Crippen LogP contribution in [0.1, 0.15) is 233 Å². The van der Waals surface area contributed by atoms with Crippen molar-refractivity contribution < 1.29 is 0 Å². The highest BCUT2D eigenvalue weighted by Gasteiger charge is 2.24. The third-order valence-corrected chi connectivity index (χ3v) is 10.1. The summed E-state index contributed by atoms with van der Waals surface area (Å²) in [4.78, 5) is 5.37. The van der Waals surface area contributed by atoms with Crippen LogP contribution in [-0.4, -0.2) is 29.1 Å².